The molecule has 4 saturated carbocycles. The van der Waals surface area contributed by atoms with Crippen LogP contribution in [0.5, 0.6) is 0 Å². The van der Waals surface area contributed by atoms with E-state index < -0.39 is 0 Å². The summed E-state index contributed by atoms with van der Waals surface area (Å²) >= 11 is 0. The minimum Gasteiger partial charge on any atom is -0.384 e. The molecule has 0 aromatic heterocycles. The Morgan fingerprint density at radius 2 is 0.240 bits per heavy atom. The van der Waals surface area contributed by atoms with E-state index in [0.29, 0.717) is 52.9 Å². The third kappa shape index (κ3) is 12.9. The van der Waals surface area contributed by atoms with Crippen molar-refractivity contribution in [1.29, 1.82) is 0 Å². The fraction of sp³-hybridized carbons (Fsp3) is 0.455. The molecule has 8 aromatic carbocycles. The summed E-state index contributed by atoms with van der Waals surface area (Å²) in [6.07, 6.45) is 16.2. The van der Waals surface area contributed by atoms with Gasteiger partial charge in [-0.15, -0.1) is 0 Å². The highest BCUT2D eigenvalue weighted by molar-refractivity contribution is 5.68. The molecular formula is C88H104O8. The van der Waals surface area contributed by atoms with Crippen LogP contribution >= 0.6 is 0 Å². The molecule has 31 rings (SSSR count). The minimum atomic E-state index is -0.0904. The fourth-order valence-corrected chi connectivity index (χ4v) is 19.3. The van der Waals surface area contributed by atoms with Gasteiger partial charge in [0.25, 0.3) is 0 Å². The first-order chi connectivity index (χ1) is 46.8. The topological polar surface area (TPSA) is 73.8 Å². The predicted molar refractivity (Wildman–Crippen MR) is 390 cm³/mol. The van der Waals surface area contributed by atoms with Gasteiger partial charge in [0, 0.05) is 100 Å². The first-order valence-corrected chi connectivity index (χ1v) is 35.6. The zero-order valence-electron chi connectivity index (χ0n) is 58.7. The Labute approximate surface area is 573 Å². The van der Waals surface area contributed by atoms with E-state index in [2.05, 4.69) is 194 Å². The van der Waals surface area contributed by atoms with Gasteiger partial charge in [-0.2, -0.15) is 0 Å². The van der Waals surface area contributed by atoms with Crippen LogP contribution in [0.25, 0.3) is 44.5 Å². The molecule has 0 heterocycles. The Kier molecular flexibility index (Phi) is 20.3. The Morgan fingerprint density at radius 3 is 0.312 bits per heavy atom. The van der Waals surface area contributed by atoms with Crippen LogP contribution in [0.15, 0.2) is 194 Å². The van der Waals surface area contributed by atoms with E-state index in [0.717, 1.165) is 103 Å². The third-order valence-electron chi connectivity index (χ3n) is 25.3. The van der Waals surface area contributed by atoms with Crippen LogP contribution in [0.1, 0.15) is 147 Å². The quantitative estimate of drug-likeness (QED) is 0.0947. The molecule has 0 unspecified atom stereocenters. The van der Waals surface area contributed by atoms with Gasteiger partial charge in [0.1, 0.15) is 0 Å². The highest BCUT2D eigenvalue weighted by atomic mass is 16.5. The first-order valence-electron chi connectivity index (χ1n) is 35.6. The van der Waals surface area contributed by atoms with Crippen molar-refractivity contribution >= 4 is 0 Å². The molecule has 0 atom stereocenters. The molecule has 0 amide bonds. The SMILES string of the molecule is COCC12CCC(COC)(CC1)c1ccc(cc1)-c1ccc(cc1)C1(COC)CCC(COC)(CC1)c1ccc(cc1)-c1ccc(cc1)C1(COC)CCC(COC)(CC1)c1ccc(cc1)-c1ccc(cc1)C1(COC)CCC(COC)(CC1)c1ccc(cc1)-c1ccc2cc1. The second-order valence-electron chi connectivity index (χ2n) is 30.3. The highest BCUT2D eigenvalue weighted by Crippen LogP contribution is 2.55. The van der Waals surface area contributed by atoms with Gasteiger partial charge in [-0.1, -0.05) is 194 Å². The van der Waals surface area contributed by atoms with E-state index in [1.807, 2.05) is 56.9 Å². The molecule has 8 aromatic rings. The maximum atomic E-state index is 6.12. The molecule has 0 N–H and O–H groups in total. The van der Waals surface area contributed by atoms with Crippen molar-refractivity contribution < 1.29 is 37.9 Å². The fourth-order valence-electron chi connectivity index (χ4n) is 19.3. The summed E-state index contributed by atoms with van der Waals surface area (Å²) in [5.41, 5.74) is 19.9. The molecule has 24 bridgehead atoms. The summed E-state index contributed by atoms with van der Waals surface area (Å²) in [7, 11) is 14.9. The van der Waals surface area contributed by atoms with E-state index >= 15 is 0 Å². The Hall–Kier alpha value is -6.56. The lowest BCUT2D eigenvalue weighted by Crippen LogP contribution is -2.44. The van der Waals surface area contributed by atoms with E-state index in [9.17, 15) is 0 Å². The molecular weight excluding hydrogens is 1180 g/mol. The van der Waals surface area contributed by atoms with E-state index in [4.69, 9.17) is 37.9 Å². The van der Waals surface area contributed by atoms with Gasteiger partial charge in [0.05, 0.1) is 52.9 Å². The largest absolute Gasteiger partial charge is 0.384 e. The number of methoxy groups -OCH3 is 8. The minimum absolute atomic E-state index is 0.0904. The van der Waals surface area contributed by atoms with E-state index in [-0.39, 0.29) is 43.3 Å². The van der Waals surface area contributed by atoms with Gasteiger partial charge in [-0.25, -0.2) is 0 Å². The number of benzene rings is 8. The molecule has 504 valence electrons. The molecule has 23 aliphatic carbocycles. The number of hydrogen-bond donors (Lipinski definition) is 0. The smallest absolute Gasteiger partial charge is 0.0559 e. The molecule has 8 heteroatoms. The highest BCUT2D eigenvalue weighted by Gasteiger charge is 2.49. The van der Waals surface area contributed by atoms with Crippen LogP contribution in [0.4, 0.5) is 0 Å². The van der Waals surface area contributed by atoms with Crippen molar-refractivity contribution in [2.45, 2.75) is 146 Å². The van der Waals surface area contributed by atoms with E-state index in [1.54, 1.807) is 0 Å². The van der Waals surface area contributed by atoms with E-state index in [1.165, 1.54) is 89.0 Å². The first kappa shape index (κ1) is 68.0. The molecule has 8 nitrogen and oxygen atoms in total. The van der Waals surface area contributed by atoms with Crippen molar-refractivity contribution in [2.24, 2.45) is 0 Å². The number of hydrogen-bond acceptors (Lipinski definition) is 8. The maximum Gasteiger partial charge on any atom is 0.0559 e. The second-order valence-corrected chi connectivity index (χ2v) is 30.3. The summed E-state index contributed by atoms with van der Waals surface area (Å²) in [5.74, 6) is 0. The average molecular weight is 1290 g/mol. The third-order valence-corrected chi connectivity index (χ3v) is 25.3. The van der Waals surface area contributed by atoms with Crippen LogP contribution < -0.4 is 0 Å². The Bertz CT molecular complexity index is 3020. The summed E-state index contributed by atoms with van der Waals surface area (Å²) in [4.78, 5) is 0. The van der Waals surface area contributed by atoms with Gasteiger partial charge in [-0.3, -0.25) is 0 Å². The summed E-state index contributed by atoms with van der Waals surface area (Å²) in [6, 6.07) is 75.3. The van der Waals surface area contributed by atoms with Crippen molar-refractivity contribution in [2.75, 3.05) is 110 Å². The van der Waals surface area contributed by atoms with Crippen LogP contribution in [0, 0.1) is 0 Å². The Balaban J connectivity index is 0.804. The molecule has 0 spiro atoms. The van der Waals surface area contributed by atoms with Crippen LogP contribution in [0.3, 0.4) is 0 Å². The van der Waals surface area contributed by atoms with Crippen molar-refractivity contribution in [3.05, 3.63) is 239 Å². The van der Waals surface area contributed by atoms with Gasteiger partial charge in [0.2, 0.25) is 0 Å². The van der Waals surface area contributed by atoms with Gasteiger partial charge in [-0.05, 0) is 192 Å². The molecule has 0 aliphatic heterocycles. The lowest BCUT2D eigenvalue weighted by molar-refractivity contribution is 0.0478. The maximum absolute atomic E-state index is 6.12. The van der Waals surface area contributed by atoms with Crippen LogP contribution in [0.2, 0.25) is 0 Å². The molecule has 0 radical (unpaired) electrons. The lowest BCUT2D eigenvalue weighted by Gasteiger charge is -2.47. The zero-order chi connectivity index (χ0) is 66.5. The molecule has 96 heavy (non-hydrogen) atoms. The van der Waals surface area contributed by atoms with Crippen LogP contribution in [-0.2, 0) is 81.2 Å². The Morgan fingerprint density at radius 1 is 0.156 bits per heavy atom. The number of rotatable bonds is 16. The van der Waals surface area contributed by atoms with Gasteiger partial charge in [0.15, 0.2) is 0 Å². The van der Waals surface area contributed by atoms with Gasteiger partial charge < -0.3 is 37.9 Å². The lowest BCUT2D eigenvalue weighted by atomic mass is 9.59. The predicted octanol–water partition coefficient (Wildman–Crippen LogP) is 18.8. The molecule has 0 saturated heterocycles. The van der Waals surface area contributed by atoms with Crippen LogP contribution in [-0.4, -0.2) is 110 Å². The second kappa shape index (κ2) is 28.7. The van der Waals surface area contributed by atoms with Crippen molar-refractivity contribution in [3.63, 3.8) is 0 Å². The van der Waals surface area contributed by atoms with Crippen molar-refractivity contribution in [1.82, 2.24) is 0 Å². The monoisotopic (exact) mass is 1290 g/mol. The normalized spacial score (nSPS) is 27.9. The molecule has 23 aliphatic rings. The standard InChI is InChI=1S/C88H104O8/c1-89-57-81-41-43-82(44-42-81,58-90-2)74-27-11-67(12-28-74)68-15-31-76(32-16-68)85(61-93-5)49-51-86(52-50-85,62-94-6)78-35-19-71(20-36-78)72-23-39-80(40-24-72)88(64-96-8)55-53-87(54-56-88,63-95-7)79-37-21-70(22-38-79)69-17-33-77(34-18-69)84(60-92-4)47-45-83(46-48-84,59-91-3)75-29-13-66(14-30-75)65-9-25-73(81)26-10-65/h9-40H,41-64H2,1-8H3. The zero-order valence-corrected chi connectivity index (χ0v) is 58.7. The summed E-state index contributed by atoms with van der Waals surface area (Å²) in [5, 5.41) is 0. The average Bonchev–Trinajstić information content (AvgIpc) is 0.792. The van der Waals surface area contributed by atoms with Crippen molar-refractivity contribution in [3.8, 4) is 44.5 Å². The molecule has 4 fully saturated rings. The van der Waals surface area contributed by atoms with Gasteiger partial charge >= 0.3 is 0 Å². The number of ether oxygens (including phenoxy) is 8. The summed E-state index contributed by atoms with van der Waals surface area (Å²) in [6.45, 7) is 5.47. The summed E-state index contributed by atoms with van der Waals surface area (Å²) < 4.78 is 48.9.